The Kier molecular flexibility index (Phi) is 7.45. The summed E-state index contributed by atoms with van der Waals surface area (Å²) in [6, 6.07) is 0.394. The Bertz CT molecular complexity index is 395. The van der Waals surface area contributed by atoms with E-state index < -0.39 is 0 Å². The first kappa shape index (κ1) is 17.4. The molecule has 0 fully saturated rings. The number of halogens is 1. The molecule has 0 aliphatic heterocycles. The first-order valence-corrected chi connectivity index (χ1v) is 8.26. The number of nitrogens with zero attached hydrogens (tertiary/aromatic N) is 3. The number of anilines is 1. The molecule has 5 heteroatoms. The Hall–Kier alpha value is -0.680. The van der Waals surface area contributed by atoms with Gasteiger partial charge in [0, 0.05) is 6.04 Å². The summed E-state index contributed by atoms with van der Waals surface area (Å²) in [4.78, 5) is 11.4. The maximum atomic E-state index is 4.47. The molecule has 1 rings (SSSR count). The highest BCUT2D eigenvalue weighted by atomic mass is 79.9. The molecule has 0 saturated carbocycles. The number of hydrogen-bond donors (Lipinski definition) is 1. The topological polar surface area (TPSA) is 41.0 Å². The molecular formula is C15H27BrN4. The highest BCUT2D eigenvalue weighted by Crippen LogP contribution is 2.19. The van der Waals surface area contributed by atoms with E-state index in [0.29, 0.717) is 6.04 Å². The third kappa shape index (κ3) is 5.37. The Morgan fingerprint density at radius 1 is 1.15 bits per heavy atom. The van der Waals surface area contributed by atoms with E-state index in [0.717, 1.165) is 47.9 Å². The second-order valence-corrected chi connectivity index (χ2v) is 6.04. The summed E-state index contributed by atoms with van der Waals surface area (Å²) in [5.41, 5.74) is 1.96. The molecule has 0 saturated heterocycles. The lowest BCUT2D eigenvalue weighted by molar-refractivity contribution is 0.295. The molecule has 4 nitrogen and oxygen atoms in total. The fraction of sp³-hybridized carbons (Fsp3) is 0.733. The van der Waals surface area contributed by atoms with Crippen LogP contribution in [0.4, 0.5) is 5.95 Å². The van der Waals surface area contributed by atoms with Crippen molar-refractivity contribution in [2.45, 2.75) is 53.5 Å². The van der Waals surface area contributed by atoms with Gasteiger partial charge in [0.05, 0.1) is 15.9 Å². The van der Waals surface area contributed by atoms with Crippen LogP contribution in [0.2, 0.25) is 0 Å². The molecule has 1 aromatic rings. The lowest BCUT2D eigenvalue weighted by Gasteiger charge is -2.20. The summed E-state index contributed by atoms with van der Waals surface area (Å²) in [6.07, 6.45) is 2.33. The van der Waals surface area contributed by atoms with Crippen LogP contribution in [-0.4, -0.2) is 40.5 Å². The molecular weight excluding hydrogens is 316 g/mol. The smallest absolute Gasteiger partial charge is 0.223 e. The monoisotopic (exact) mass is 342 g/mol. The summed E-state index contributed by atoms with van der Waals surface area (Å²) in [5.74, 6) is 0.735. The third-order valence-corrected chi connectivity index (χ3v) is 4.71. The molecule has 1 N–H and O–H groups in total. The Morgan fingerprint density at radius 2 is 1.70 bits per heavy atom. The fourth-order valence-corrected chi connectivity index (χ4v) is 2.40. The number of aryl methyl sites for hydroxylation is 2. The van der Waals surface area contributed by atoms with Crippen molar-refractivity contribution in [1.29, 1.82) is 0 Å². The maximum absolute atomic E-state index is 4.47. The third-order valence-electron chi connectivity index (χ3n) is 3.56. The molecule has 20 heavy (non-hydrogen) atoms. The molecule has 0 radical (unpaired) electrons. The summed E-state index contributed by atoms with van der Waals surface area (Å²) in [7, 11) is 0. The lowest BCUT2D eigenvalue weighted by Crippen LogP contribution is -2.26. The SMILES string of the molecule is CCN(CC)CCCC(C)Nc1nc(C)c(Br)c(C)n1. The average Bonchev–Trinajstić information content (AvgIpc) is 2.41. The maximum Gasteiger partial charge on any atom is 0.223 e. The van der Waals surface area contributed by atoms with Crippen LogP contribution < -0.4 is 5.32 Å². The Labute approximate surface area is 131 Å². The van der Waals surface area contributed by atoms with Gasteiger partial charge < -0.3 is 10.2 Å². The van der Waals surface area contributed by atoms with Gasteiger partial charge in [-0.3, -0.25) is 0 Å². The second-order valence-electron chi connectivity index (χ2n) is 5.25. The number of aromatic nitrogens is 2. The van der Waals surface area contributed by atoms with Crippen molar-refractivity contribution in [3.8, 4) is 0 Å². The Morgan fingerprint density at radius 3 is 2.20 bits per heavy atom. The lowest BCUT2D eigenvalue weighted by atomic mass is 10.2. The number of nitrogens with one attached hydrogen (secondary N) is 1. The van der Waals surface area contributed by atoms with Crippen LogP contribution in [-0.2, 0) is 0 Å². The van der Waals surface area contributed by atoms with Crippen LogP contribution in [0.25, 0.3) is 0 Å². The molecule has 1 atom stereocenters. The zero-order chi connectivity index (χ0) is 15.1. The van der Waals surface area contributed by atoms with Crippen molar-refractivity contribution in [3.63, 3.8) is 0 Å². The van der Waals surface area contributed by atoms with E-state index in [-0.39, 0.29) is 0 Å². The van der Waals surface area contributed by atoms with Gasteiger partial charge in [-0.25, -0.2) is 9.97 Å². The van der Waals surface area contributed by atoms with Gasteiger partial charge in [0.25, 0.3) is 0 Å². The zero-order valence-corrected chi connectivity index (χ0v) is 14.9. The van der Waals surface area contributed by atoms with Crippen molar-refractivity contribution in [2.75, 3.05) is 25.0 Å². The predicted octanol–water partition coefficient (Wildman–Crippen LogP) is 3.78. The molecule has 0 aliphatic carbocycles. The number of hydrogen-bond acceptors (Lipinski definition) is 4. The second kappa shape index (κ2) is 8.57. The van der Waals surface area contributed by atoms with E-state index in [4.69, 9.17) is 0 Å². The molecule has 0 spiro atoms. The fourth-order valence-electron chi connectivity index (χ4n) is 2.22. The standard InChI is InChI=1S/C15H27BrN4/c1-6-20(7-2)10-8-9-11(3)17-15-18-12(4)14(16)13(5)19-15/h11H,6-10H2,1-5H3,(H,17,18,19). The van der Waals surface area contributed by atoms with E-state index in [2.05, 4.69) is 56.9 Å². The van der Waals surface area contributed by atoms with Gasteiger partial charge in [-0.1, -0.05) is 13.8 Å². The Balaban J connectivity index is 2.44. The van der Waals surface area contributed by atoms with E-state index in [1.807, 2.05) is 13.8 Å². The van der Waals surface area contributed by atoms with E-state index >= 15 is 0 Å². The van der Waals surface area contributed by atoms with Gasteiger partial charge >= 0.3 is 0 Å². The first-order chi connectivity index (χ1) is 9.47. The molecule has 1 heterocycles. The molecule has 1 unspecified atom stereocenters. The van der Waals surface area contributed by atoms with Gasteiger partial charge in [0.15, 0.2) is 0 Å². The van der Waals surface area contributed by atoms with Gasteiger partial charge in [0.1, 0.15) is 0 Å². The van der Waals surface area contributed by atoms with Crippen molar-refractivity contribution >= 4 is 21.9 Å². The molecule has 0 amide bonds. The number of rotatable bonds is 8. The van der Waals surface area contributed by atoms with Gasteiger partial charge in [0.2, 0.25) is 5.95 Å². The highest BCUT2D eigenvalue weighted by molar-refractivity contribution is 9.10. The normalized spacial score (nSPS) is 12.8. The van der Waals surface area contributed by atoms with Gasteiger partial charge in [-0.15, -0.1) is 0 Å². The highest BCUT2D eigenvalue weighted by Gasteiger charge is 2.09. The van der Waals surface area contributed by atoms with Crippen LogP contribution in [0, 0.1) is 13.8 Å². The van der Waals surface area contributed by atoms with Crippen LogP contribution in [0.15, 0.2) is 4.47 Å². The largest absolute Gasteiger partial charge is 0.352 e. The predicted molar refractivity (Wildman–Crippen MR) is 89.3 cm³/mol. The molecule has 0 bridgehead atoms. The van der Waals surface area contributed by atoms with E-state index in [1.165, 1.54) is 6.42 Å². The molecule has 0 aliphatic rings. The molecule has 0 aromatic carbocycles. The van der Waals surface area contributed by atoms with Crippen LogP contribution in [0.5, 0.6) is 0 Å². The van der Waals surface area contributed by atoms with Crippen LogP contribution in [0.3, 0.4) is 0 Å². The quantitative estimate of drug-likeness (QED) is 0.780. The molecule has 114 valence electrons. The summed E-state index contributed by atoms with van der Waals surface area (Å²) in [6.45, 7) is 14.0. The van der Waals surface area contributed by atoms with Crippen molar-refractivity contribution in [2.24, 2.45) is 0 Å². The summed E-state index contributed by atoms with van der Waals surface area (Å²) in [5, 5.41) is 3.40. The minimum absolute atomic E-state index is 0.394. The minimum atomic E-state index is 0.394. The van der Waals surface area contributed by atoms with Crippen molar-refractivity contribution in [1.82, 2.24) is 14.9 Å². The van der Waals surface area contributed by atoms with Gasteiger partial charge in [-0.05, 0) is 69.2 Å². The van der Waals surface area contributed by atoms with Gasteiger partial charge in [-0.2, -0.15) is 0 Å². The molecule has 1 aromatic heterocycles. The summed E-state index contributed by atoms with van der Waals surface area (Å²) < 4.78 is 0.997. The van der Waals surface area contributed by atoms with E-state index in [9.17, 15) is 0 Å². The summed E-state index contributed by atoms with van der Waals surface area (Å²) >= 11 is 3.49. The van der Waals surface area contributed by atoms with Crippen molar-refractivity contribution in [3.05, 3.63) is 15.9 Å². The average molecular weight is 343 g/mol. The van der Waals surface area contributed by atoms with Crippen LogP contribution in [0.1, 0.15) is 45.0 Å². The van der Waals surface area contributed by atoms with Crippen LogP contribution >= 0.6 is 15.9 Å². The van der Waals surface area contributed by atoms with Crippen molar-refractivity contribution < 1.29 is 0 Å². The minimum Gasteiger partial charge on any atom is -0.352 e. The zero-order valence-electron chi connectivity index (χ0n) is 13.3. The first-order valence-electron chi connectivity index (χ1n) is 7.47. The van der Waals surface area contributed by atoms with E-state index in [1.54, 1.807) is 0 Å².